The first-order chi connectivity index (χ1) is 10.5. The fourth-order valence-corrected chi connectivity index (χ4v) is 2.61. The van der Waals surface area contributed by atoms with E-state index in [0.717, 1.165) is 36.7 Å². The topological polar surface area (TPSA) is 76.8 Å². The maximum Gasteiger partial charge on any atom is 0.236 e. The molecule has 1 aromatic rings. The molecule has 2 atom stereocenters. The third kappa shape index (κ3) is 5.18. The van der Waals surface area contributed by atoms with Crippen molar-refractivity contribution in [2.45, 2.75) is 19.4 Å². The number of nitrogens with one attached hydrogen (secondary N) is 1. The van der Waals surface area contributed by atoms with Crippen LogP contribution in [0.4, 0.5) is 5.69 Å². The van der Waals surface area contributed by atoms with Crippen molar-refractivity contribution in [3.05, 3.63) is 18.2 Å². The van der Waals surface area contributed by atoms with Crippen molar-refractivity contribution < 1.29 is 14.3 Å². The van der Waals surface area contributed by atoms with Crippen molar-refractivity contribution in [3.63, 3.8) is 0 Å². The summed E-state index contributed by atoms with van der Waals surface area (Å²) in [7, 11) is 3.30. The minimum Gasteiger partial charge on any atom is -0.497 e. The highest BCUT2D eigenvalue weighted by Crippen LogP contribution is 2.31. The molecule has 0 radical (unpaired) electrons. The number of nitrogens with two attached hydrogens (primary N) is 1. The summed E-state index contributed by atoms with van der Waals surface area (Å²) in [5, 5.41) is 2.90. The van der Waals surface area contributed by atoms with Gasteiger partial charge in [0.05, 0.1) is 20.3 Å². The Balaban J connectivity index is 0.00000264. The molecule has 1 amide bonds. The second-order valence-electron chi connectivity index (χ2n) is 5.71. The Morgan fingerprint density at radius 3 is 2.48 bits per heavy atom. The van der Waals surface area contributed by atoms with Gasteiger partial charge in [0, 0.05) is 43.5 Å². The van der Waals surface area contributed by atoms with Gasteiger partial charge in [0.15, 0.2) is 0 Å². The average molecular weight is 344 g/mol. The Labute approximate surface area is 143 Å². The number of carbonyl (C=O) groups excluding carboxylic acids is 1. The maximum absolute atomic E-state index is 11.5. The van der Waals surface area contributed by atoms with Crippen LogP contribution in [0, 0.1) is 5.92 Å². The number of ether oxygens (including phenoxy) is 2. The smallest absolute Gasteiger partial charge is 0.236 e. The molecule has 0 bridgehead atoms. The molecule has 1 aromatic carbocycles. The van der Waals surface area contributed by atoms with Crippen LogP contribution in [0.1, 0.15) is 13.3 Å². The average Bonchev–Trinajstić information content (AvgIpc) is 3.00. The Morgan fingerprint density at radius 1 is 1.35 bits per heavy atom. The van der Waals surface area contributed by atoms with Crippen LogP contribution in [-0.2, 0) is 4.79 Å². The summed E-state index contributed by atoms with van der Waals surface area (Å²) in [4.78, 5) is 13.8. The number of halogens is 1. The summed E-state index contributed by atoms with van der Waals surface area (Å²) in [5.41, 5.74) is 6.63. The summed E-state index contributed by atoms with van der Waals surface area (Å²) < 4.78 is 10.6. The maximum atomic E-state index is 11.5. The molecule has 130 valence electrons. The number of methoxy groups -OCH3 is 2. The quantitative estimate of drug-likeness (QED) is 0.816. The molecule has 0 aliphatic carbocycles. The van der Waals surface area contributed by atoms with Gasteiger partial charge in [0.25, 0.3) is 0 Å². The first-order valence-corrected chi connectivity index (χ1v) is 7.54. The van der Waals surface area contributed by atoms with E-state index in [2.05, 4.69) is 10.2 Å². The zero-order valence-electron chi connectivity index (χ0n) is 13.9. The van der Waals surface area contributed by atoms with Crippen LogP contribution >= 0.6 is 12.4 Å². The highest BCUT2D eigenvalue weighted by Gasteiger charge is 2.24. The van der Waals surface area contributed by atoms with E-state index < -0.39 is 6.04 Å². The molecular weight excluding hydrogens is 318 g/mol. The molecule has 1 fully saturated rings. The van der Waals surface area contributed by atoms with Gasteiger partial charge in [-0.3, -0.25) is 4.79 Å². The van der Waals surface area contributed by atoms with E-state index in [1.807, 2.05) is 18.2 Å². The minimum atomic E-state index is -0.458. The molecule has 2 rings (SSSR count). The number of hydrogen-bond acceptors (Lipinski definition) is 5. The van der Waals surface area contributed by atoms with E-state index in [1.165, 1.54) is 0 Å². The van der Waals surface area contributed by atoms with Crippen LogP contribution in [0.3, 0.4) is 0 Å². The lowest BCUT2D eigenvalue weighted by Crippen LogP contribution is -2.40. The molecule has 1 heterocycles. The molecule has 6 nitrogen and oxygen atoms in total. The lowest BCUT2D eigenvalue weighted by atomic mass is 10.1. The van der Waals surface area contributed by atoms with Gasteiger partial charge in [-0.15, -0.1) is 12.4 Å². The summed E-state index contributed by atoms with van der Waals surface area (Å²) in [5.74, 6) is 1.90. The summed E-state index contributed by atoms with van der Waals surface area (Å²) in [6.07, 6.45) is 1.04. The molecule has 3 N–H and O–H groups in total. The SMILES string of the molecule is COc1cc(OC)cc(N2CCC(CNC(=O)C(C)N)C2)c1.Cl. The lowest BCUT2D eigenvalue weighted by Gasteiger charge is -2.20. The predicted octanol–water partition coefficient (Wildman–Crippen LogP) is 1.42. The van der Waals surface area contributed by atoms with Crippen LogP contribution in [0.5, 0.6) is 11.5 Å². The van der Waals surface area contributed by atoms with Crippen molar-refractivity contribution in [1.82, 2.24) is 5.32 Å². The van der Waals surface area contributed by atoms with Crippen molar-refractivity contribution >= 4 is 24.0 Å². The summed E-state index contributed by atoms with van der Waals surface area (Å²) in [6.45, 7) is 4.21. The second kappa shape index (κ2) is 8.84. The van der Waals surface area contributed by atoms with E-state index in [0.29, 0.717) is 12.5 Å². The molecule has 2 unspecified atom stereocenters. The molecule has 23 heavy (non-hydrogen) atoms. The van der Waals surface area contributed by atoms with Gasteiger partial charge in [-0.2, -0.15) is 0 Å². The Morgan fingerprint density at radius 2 is 1.96 bits per heavy atom. The first kappa shape index (κ1) is 19.4. The number of nitrogens with zero attached hydrogens (tertiary/aromatic N) is 1. The number of amides is 1. The lowest BCUT2D eigenvalue weighted by molar-refractivity contribution is -0.122. The van der Waals surface area contributed by atoms with E-state index in [9.17, 15) is 4.79 Å². The predicted molar refractivity (Wildman–Crippen MR) is 93.8 cm³/mol. The van der Waals surface area contributed by atoms with Crippen molar-refractivity contribution in [1.29, 1.82) is 0 Å². The van der Waals surface area contributed by atoms with Gasteiger partial charge in [0.1, 0.15) is 11.5 Å². The van der Waals surface area contributed by atoms with Crippen molar-refractivity contribution in [2.24, 2.45) is 11.7 Å². The zero-order chi connectivity index (χ0) is 16.1. The molecule has 7 heteroatoms. The fraction of sp³-hybridized carbons (Fsp3) is 0.562. The molecule has 0 aromatic heterocycles. The Bertz CT molecular complexity index is 503. The molecule has 1 aliphatic heterocycles. The second-order valence-corrected chi connectivity index (χ2v) is 5.71. The van der Waals surface area contributed by atoms with E-state index in [4.69, 9.17) is 15.2 Å². The van der Waals surface area contributed by atoms with Gasteiger partial charge in [-0.25, -0.2) is 0 Å². The fourth-order valence-electron chi connectivity index (χ4n) is 2.61. The third-order valence-electron chi connectivity index (χ3n) is 3.97. The van der Waals surface area contributed by atoms with Crippen LogP contribution in [0.15, 0.2) is 18.2 Å². The van der Waals surface area contributed by atoms with Gasteiger partial charge in [-0.05, 0) is 19.3 Å². The van der Waals surface area contributed by atoms with Crippen LogP contribution in [-0.4, -0.2) is 45.8 Å². The normalized spacial score (nSPS) is 18.1. The Hall–Kier alpha value is -1.66. The summed E-state index contributed by atoms with van der Waals surface area (Å²) in [6, 6.07) is 5.41. The zero-order valence-corrected chi connectivity index (χ0v) is 14.7. The number of anilines is 1. The number of hydrogen-bond donors (Lipinski definition) is 2. The minimum absolute atomic E-state index is 0. The molecule has 0 spiro atoms. The van der Waals surface area contributed by atoms with Gasteiger partial charge < -0.3 is 25.4 Å². The number of rotatable bonds is 6. The first-order valence-electron chi connectivity index (χ1n) is 7.54. The standard InChI is InChI=1S/C16H25N3O3.ClH/c1-11(17)16(20)18-9-12-4-5-19(10-12)13-6-14(21-2)8-15(7-13)22-3;/h6-8,11-12H,4-5,9-10,17H2,1-3H3,(H,18,20);1H. The van der Waals surface area contributed by atoms with E-state index in [1.54, 1.807) is 21.1 Å². The summed E-state index contributed by atoms with van der Waals surface area (Å²) >= 11 is 0. The largest absolute Gasteiger partial charge is 0.497 e. The molecule has 1 saturated heterocycles. The van der Waals surface area contributed by atoms with E-state index >= 15 is 0 Å². The molecule has 0 saturated carbocycles. The Kier molecular flexibility index (Phi) is 7.45. The van der Waals surface area contributed by atoms with Gasteiger partial charge >= 0.3 is 0 Å². The third-order valence-corrected chi connectivity index (χ3v) is 3.97. The van der Waals surface area contributed by atoms with Crippen LogP contribution < -0.4 is 25.4 Å². The van der Waals surface area contributed by atoms with Gasteiger partial charge in [-0.1, -0.05) is 0 Å². The van der Waals surface area contributed by atoms with Crippen molar-refractivity contribution in [2.75, 3.05) is 38.8 Å². The molecule has 1 aliphatic rings. The monoisotopic (exact) mass is 343 g/mol. The highest BCUT2D eigenvalue weighted by atomic mass is 35.5. The highest BCUT2D eigenvalue weighted by molar-refractivity contribution is 5.85. The van der Waals surface area contributed by atoms with Gasteiger partial charge in [0.2, 0.25) is 5.91 Å². The van der Waals surface area contributed by atoms with Crippen LogP contribution in [0.25, 0.3) is 0 Å². The molecular formula is C16H26ClN3O3. The van der Waals surface area contributed by atoms with E-state index in [-0.39, 0.29) is 18.3 Å². The number of carbonyl (C=O) groups is 1. The van der Waals surface area contributed by atoms with Crippen molar-refractivity contribution in [3.8, 4) is 11.5 Å². The van der Waals surface area contributed by atoms with Crippen LogP contribution in [0.2, 0.25) is 0 Å². The number of benzene rings is 1.